The highest BCUT2D eigenvalue weighted by Crippen LogP contribution is 2.39. The number of carbonyl (C=O) groups excluding carboxylic acids is 1. The van der Waals surface area contributed by atoms with Gasteiger partial charge in [-0.1, -0.05) is 0 Å². The average Bonchev–Trinajstić information content (AvgIpc) is 3.13. The molecule has 0 saturated heterocycles. The number of amides is 2. The molecule has 6 N–H and O–H groups in total. The quantitative estimate of drug-likeness (QED) is 0.318. The van der Waals surface area contributed by atoms with Gasteiger partial charge in [0.1, 0.15) is 11.8 Å². The van der Waals surface area contributed by atoms with E-state index in [4.69, 9.17) is 15.0 Å². The molecule has 13 heteroatoms. The van der Waals surface area contributed by atoms with E-state index in [1.54, 1.807) is 7.11 Å². The fraction of sp³-hybridized carbons (Fsp3) is 0.421. The van der Waals surface area contributed by atoms with Crippen molar-refractivity contribution in [3.8, 4) is 17.0 Å². The minimum atomic E-state index is -3.78. The molecular weight excluding hydrogens is 458 g/mol. The van der Waals surface area contributed by atoms with Gasteiger partial charge in [-0.2, -0.15) is 8.42 Å². The van der Waals surface area contributed by atoms with Crippen molar-refractivity contribution in [1.29, 1.82) is 0 Å². The van der Waals surface area contributed by atoms with Crippen LogP contribution in [-0.2, 0) is 27.8 Å². The number of benzene rings is 1. The number of nitrogens with one attached hydrogen (secondary N) is 3. The Kier molecular flexibility index (Phi) is 7.66. The third kappa shape index (κ3) is 6.38. The number of thiazole rings is 1. The summed E-state index contributed by atoms with van der Waals surface area (Å²) >= 11 is 1.37. The molecule has 0 radical (unpaired) electrons. The van der Waals surface area contributed by atoms with Crippen molar-refractivity contribution in [3.05, 3.63) is 28.6 Å². The molecule has 2 aromatic rings. The summed E-state index contributed by atoms with van der Waals surface area (Å²) in [5.74, 6) is 0.255. The largest absolute Gasteiger partial charge is 0.497 e. The van der Waals surface area contributed by atoms with Crippen LogP contribution in [0.5, 0.6) is 5.75 Å². The number of unbranched alkanes of at least 4 members (excludes halogenated alkanes) is 1. The summed E-state index contributed by atoms with van der Waals surface area (Å²) in [6.45, 7) is 0.101. The van der Waals surface area contributed by atoms with Gasteiger partial charge < -0.3 is 20.5 Å². The fourth-order valence-electron chi connectivity index (χ4n) is 3.47. The predicted molar refractivity (Wildman–Crippen MR) is 120 cm³/mol. The van der Waals surface area contributed by atoms with E-state index >= 15 is 0 Å². The lowest BCUT2D eigenvalue weighted by atomic mass is 9.93. The third-order valence-electron chi connectivity index (χ3n) is 4.95. The molecule has 1 heterocycles. The lowest BCUT2D eigenvalue weighted by Gasteiger charge is -2.16. The summed E-state index contributed by atoms with van der Waals surface area (Å²) in [4.78, 5) is 29.4. The second kappa shape index (κ2) is 10.3. The molecule has 1 aliphatic rings. The van der Waals surface area contributed by atoms with Crippen LogP contribution in [0.4, 0.5) is 9.93 Å². The Labute approximate surface area is 189 Å². The lowest BCUT2D eigenvalue weighted by Crippen LogP contribution is -2.43. The summed E-state index contributed by atoms with van der Waals surface area (Å²) in [6.07, 6.45) is 1.30. The van der Waals surface area contributed by atoms with E-state index in [-0.39, 0.29) is 13.0 Å². The van der Waals surface area contributed by atoms with Crippen molar-refractivity contribution < 1.29 is 27.9 Å². The molecule has 0 bridgehead atoms. The molecule has 1 unspecified atom stereocenters. The topological polar surface area (TPSA) is 173 Å². The van der Waals surface area contributed by atoms with Crippen LogP contribution in [0.1, 0.15) is 29.7 Å². The molecule has 1 atom stereocenters. The maximum absolute atomic E-state index is 12.7. The number of carboxylic acid groups (broad SMARTS) is 1. The van der Waals surface area contributed by atoms with Crippen LogP contribution in [0.3, 0.4) is 0 Å². The first-order chi connectivity index (χ1) is 15.2. The highest BCUT2D eigenvalue weighted by atomic mass is 32.2. The number of methoxy groups -OCH3 is 1. The van der Waals surface area contributed by atoms with Crippen LogP contribution in [0, 0.1) is 0 Å². The number of aromatic nitrogens is 1. The van der Waals surface area contributed by atoms with E-state index in [1.807, 2.05) is 18.2 Å². The first-order valence-electron chi connectivity index (χ1n) is 9.91. The number of ether oxygens (including phenoxy) is 1. The Morgan fingerprint density at radius 1 is 1.31 bits per heavy atom. The smallest absolute Gasteiger partial charge is 0.405 e. The van der Waals surface area contributed by atoms with Gasteiger partial charge in [0.25, 0.3) is 10.2 Å². The zero-order chi connectivity index (χ0) is 23.3. The number of nitrogens with two attached hydrogens (primary N) is 1. The number of anilines is 1. The van der Waals surface area contributed by atoms with Gasteiger partial charge >= 0.3 is 6.09 Å². The highest BCUT2D eigenvalue weighted by Gasteiger charge is 2.25. The molecule has 1 aromatic heterocycles. The fourth-order valence-corrected chi connectivity index (χ4v) is 4.87. The Morgan fingerprint density at radius 3 is 2.78 bits per heavy atom. The Bertz CT molecular complexity index is 1100. The maximum Gasteiger partial charge on any atom is 0.405 e. The van der Waals surface area contributed by atoms with Crippen molar-refractivity contribution in [2.24, 2.45) is 5.14 Å². The molecule has 0 spiro atoms. The van der Waals surface area contributed by atoms with E-state index in [0.29, 0.717) is 18.0 Å². The van der Waals surface area contributed by atoms with E-state index in [2.05, 4.69) is 20.3 Å². The normalized spacial score (nSPS) is 13.6. The monoisotopic (exact) mass is 483 g/mol. The number of fused-ring (bicyclic) bond motifs is 3. The summed E-state index contributed by atoms with van der Waals surface area (Å²) in [7, 11) is -2.17. The molecule has 1 aliphatic carbocycles. The molecular formula is C19H25N5O6S2. The number of hydrogen-bond donors (Lipinski definition) is 5. The van der Waals surface area contributed by atoms with Gasteiger partial charge in [0.15, 0.2) is 5.13 Å². The number of aryl methyl sites for hydroxylation is 2. The first-order valence-corrected chi connectivity index (χ1v) is 12.3. The second-order valence-electron chi connectivity index (χ2n) is 7.24. The van der Waals surface area contributed by atoms with Crippen LogP contribution in [-0.4, -0.2) is 50.2 Å². The van der Waals surface area contributed by atoms with Gasteiger partial charge in [0.2, 0.25) is 5.91 Å². The minimum Gasteiger partial charge on any atom is -0.497 e. The summed E-state index contributed by atoms with van der Waals surface area (Å²) in [6, 6.07) is 4.79. The summed E-state index contributed by atoms with van der Waals surface area (Å²) in [5.41, 5.74) is 2.93. The molecule has 0 saturated carbocycles. The van der Waals surface area contributed by atoms with Crippen molar-refractivity contribution in [3.63, 3.8) is 0 Å². The molecule has 32 heavy (non-hydrogen) atoms. The van der Waals surface area contributed by atoms with Crippen LogP contribution < -0.4 is 25.2 Å². The van der Waals surface area contributed by atoms with Crippen LogP contribution in [0.15, 0.2) is 18.2 Å². The van der Waals surface area contributed by atoms with Crippen molar-refractivity contribution >= 4 is 38.7 Å². The Morgan fingerprint density at radius 2 is 2.09 bits per heavy atom. The highest BCUT2D eigenvalue weighted by molar-refractivity contribution is 7.87. The van der Waals surface area contributed by atoms with Gasteiger partial charge in [-0.05, 0) is 55.9 Å². The zero-order valence-corrected chi connectivity index (χ0v) is 19.0. The minimum absolute atomic E-state index is 0.101. The molecule has 3 rings (SSSR count). The zero-order valence-electron chi connectivity index (χ0n) is 17.4. The predicted octanol–water partition coefficient (Wildman–Crippen LogP) is 1.46. The van der Waals surface area contributed by atoms with Crippen LogP contribution in [0.2, 0.25) is 0 Å². The first kappa shape index (κ1) is 23.9. The van der Waals surface area contributed by atoms with Crippen molar-refractivity contribution in [1.82, 2.24) is 15.0 Å². The molecule has 11 nitrogen and oxygen atoms in total. The summed E-state index contributed by atoms with van der Waals surface area (Å²) < 4.78 is 29.2. The van der Waals surface area contributed by atoms with Gasteiger partial charge in [-0.15, -0.1) is 11.3 Å². The van der Waals surface area contributed by atoms with Crippen molar-refractivity contribution in [2.75, 3.05) is 19.0 Å². The number of nitrogens with zero attached hydrogens (tertiary/aromatic N) is 1. The van der Waals surface area contributed by atoms with E-state index in [0.717, 1.165) is 40.3 Å². The van der Waals surface area contributed by atoms with E-state index < -0.39 is 28.3 Å². The molecule has 174 valence electrons. The molecule has 1 aromatic carbocycles. The standard InChI is InChI=1S/C19H25N5O6S2/c1-30-12-6-7-13-11(10-12)5-8-15-16(13)23-18(31-15)24-17(25)14(22-19(26)27)4-2-3-9-21-32(20,28)29/h6-7,10,14,21-22H,2-5,8-9H2,1H3,(H,26,27)(H2,20,28,29)(H,23,24,25). The maximum atomic E-state index is 12.7. The van der Waals surface area contributed by atoms with Crippen LogP contribution in [0.25, 0.3) is 11.3 Å². The molecule has 2 amide bonds. The van der Waals surface area contributed by atoms with Crippen molar-refractivity contribution in [2.45, 2.75) is 38.1 Å². The lowest BCUT2D eigenvalue weighted by molar-refractivity contribution is -0.118. The van der Waals surface area contributed by atoms with Gasteiger partial charge in [0.05, 0.1) is 12.8 Å². The molecule has 0 fully saturated rings. The van der Waals surface area contributed by atoms with Crippen LogP contribution >= 0.6 is 11.3 Å². The summed E-state index contributed by atoms with van der Waals surface area (Å²) in [5, 5.41) is 19.2. The molecule has 0 aliphatic heterocycles. The SMILES string of the molecule is COc1ccc2c(c1)CCc1sc(NC(=O)C(CCCCNS(N)(=O)=O)NC(=O)O)nc1-2. The number of rotatable bonds is 10. The van der Waals surface area contributed by atoms with E-state index in [9.17, 15) is 18.0 Å². The Hall–Kier alpha value is -2.74. The number of hydrogen-bond acceptors (Lipinski definition) is 7. The Balaban J connectivity index is 1.65. The number of carbonyl (C=O) groups is 2. The van der Waals surface area contributed by atoms with Gasteiger partial charge in [-0.3, -0.25) is 4.79 Å². The second-order valence-corrected chi connectivity index (χ2v) is 9.70. The van der Waals surface area contributed by atoms with E-state index in [1.165, 1.54) is 11.3 Å². The third-order valence-corrected chi connectivity index (χ3v) is 6.59. The van der Waals surface area contributed by atoms with Gasteiger partial charge in [0, 0.05) is 17.0 Å². The average molecular weight is 484 g/mol. The van der Waals surface area contributed by atoms with Gasteiger partial charge in [-0.25, -0.2) is 19.6 Å².